The van der Waals surface area contributed by atoms with Crippen LogP contribution in [0.4, 0.5) is 0 Å². The van der Waals surface area contributed by atoms with Crippen LogP contribution in [0, 0.1) is 0 Å². The summed E-state index contributed by atoms with van der Waals surface area (Å²) < 4.78 is 6.60. The van der Waals surface area contributed by atoms with Crippen LogP contribution in [0.15, 0.2) is 27.6 Å². The molecule has 1 unspecified atom stereocenters. The first-order chi connectivity index (χ1) is 8.16. The fourth-order valence-electron chi connectivity index (χ4n) is 1.86. The van der Waals surface area contributed by atoms with E-state index in [0.29, 0.717) is 6.10 Å². The van der Waals surface area contributed by atoms with Crippen LogP contribution in [0.1, 0.15) is 30.1 Å². The Hall–Kier alpha value is -0.320. The molecule has 1 aliphatic heterocycles. The zero-order valence-electron chi connectivity index (χ0n) is 9.74. The number of carbonyl (C=O) groups is 1. The highest BCUT2D eigenvalue weighted by molar-refractivity contribution is 9.10. The third-order valence-electron chi connectivity index (χ3n) is 2.77. The molecular formula is C13H15BrO2S. The number of hydrogen-bond acceptors (Lipinski definition) is 3. The molecule has 1 saturated heterocycles. The summed E-state index contributed by atoms with van der Waals surface area (Å²) in [5, 5.41) is 0. The Labute approximate surface area is 114 Å². The molecule has 1 fully saturated rings. The molecule has 1 atom stereocenters. The van der Waals surface area contributed by atoms with Crippen LogP contribution in [0.2, 0.25) is 0 Å². The van der Waals surface area contributed by atoms with Gasteiger partial charge in [-0.3, -0.25) is 4.79 Å². The predicted octanol–water partition coefficient (Wildman–Crippen LogP) is 3.92. The van der Waals surface area contributed by atoms with Gasteiger partial charge in [0, 0.05) is 27.3 Å². The number of benzene rings is 1. The first kappa shape index (κ1) is 13.1. The highest BCUT2D eigenvalue weighted by Gasteiger charge is 2.17. The molecule has 0 radical (unpaired) electrons. The molecule has 1 aromatic carbocycles. The predicted molar refractivity (Wildman–Crippen MR) is 73.8 cm³/mol. The van der Waals surface area contributed by atoms with Gasteiger partial charge in [0.15, 0.2) is 5.78 Å². The lowest BCUT2D eigenvalue weighted by atomic mass is 10.1. The Morgan fingerprint density at radius 3 is 3.06 bits per heavy atom. The van der Waals surface area contributed by atoms with Crippen LogP contribution in [0.5, 0.6) is 0 Å². The van der Waals surface area contributed by atoms with Gasteiger partial charge in [-0.25, -0.2) is 0 Å². The van der Waals surface area contributed by atoms with Crippen molar-refractivity contribution in [2.75, 3.05) is 12.4 Å². The first-order valence-corrected chi connectivity index (χ1v) is 7.49. The van der Waals surface area contributed by atoms with E-state index in [9.17, 15) is 4.79 Å². The van der Waals surface area contributed by atoms with Gasteiger partial charge >= 0.3 is 0 Å². The quantitative estimate of drug-likeness (QED) is 0.622. The van der Waals surface area contributed by atoms with Crippen molar-refractivity contribution in [3.8, 4) is 0 Å². The Balaban J connectivity index is 2.07. The molecule has 1 aliphatic rings. The highest BCUT2D eigenvalue weighted by atomic mass is 79.9. The van der Waals surface area contributed by atoms with Gasteiger partial charge in [0.25, 0.3) is 0 Å². The van der Waals surface area contributed by atoms with Crippen molar-refractivity contribution in [3.05, 3.63) is 28.2 Å². The lowest BCUT2D eigenvalue weighted by Crippen LogP contribution is -2.08. The minimum absolute atomic E-state index is 0.118. The Morgan fingerprint density at radius 1 is 1.59 bits per heavy atom. The zero-order valence-corrected chi connectivity index (χ0v) is 12.1. The molecule has 4 heteroatoms. The van der Waals surface area contributed by atoms with Crippen LogP contribution in [-0.2, 0) is 4.74 Å². The molecule has 1 heterocycles. The average Bonchev–Trinajstić information content (AvgIpc) is 2.78. The van der Waals surface area contributed by atoms with E-state index in [0.717, 1.165) is 40.1 Å². The summed E-state index contributed by atoms with van der Waals surface area (Å²) in [7, 11) is 0. The summed E-state index contributed by atoms with van der Waals surface area (Å²) >= 11 is 5.15. The smallest absolute Gasteiger partial charge is 0.160 e. The molecule has 0 bridgehead atoms. The molecule has 2 nitrogen and oxygen atoms in total. The molecule has 0 N–H and O–H groups in total. The molecule has 0 aliphatic carbocycles. The van der Waals surface area contributed by atoms with E-state index in [-0.39, 0.29) is 5.78 Å². The van der Waals surface area contributed by atoms with E-state index in [1.165, 1.54) is 0 Å². The number of halogens is 1. The Bertz CT molecular complexity index is 414. The lowest BCUT2D eigenvalue weighted by molar-refractivity contribution is 0.101. The Kier molecular flexibility index (Phi) is 4.65. The van der Waals surface area contributed by atoms with Gasteiger partial charge in [-0.2, -0.15) is 0 Å². The summed E-state index contributed by atoms with van der Waals surface area (Å²) in [5.41, 5.74) is 0.802. The summed E-state index contributed by atoms with van der Waals surface area (Å²) in [6.45, 7) is 2.49. The minimum atomic E-state index is 0.118. The maximum absolute atomic E-state index is 11.5. The van der Waals surface area contributed by atoms with E-state index in [1.54, 1.807) is 18.7 Å². The lowest BCUT2D eigenvalue weighted by Gasteiger charge is -2.11. The van der Waals surface area contributed by atoms with Crippen LogP contribution in [-0.4, -0.2) is 24.2 Å². The molecule has 0 amide bonds. The molecule has 0 aromatic heterocycles. The van der Waals surface area contributed by atoms with E-state index in [2.05, 4.69) is 15.9 Å². The number of ether oxygens (including phenoxy) is 1. The largest absolute Gasteiger partial charge is 0.377 e. The van der Waals surface area contributed by atoms with Crippen LogP contribution >= 0.6 is 27.7 Å². The molecule has 0 spiro atoms. The molecule has 1 aromatic rings. The van der Waals surface area contributed by atoms with Crippen LogP contribution in [0.3, 0.4) is 0 Å². The zero-order chi connectivity index (χ0) is 12.3. The number of thioether (sulfide) groups is 1. The van der Waals surface area contributed by atoms with Gasteiger partial charge in [0.1, 0.15) is 0 Å². The molecule has 0 saturated carbocycles. The van der Waals surface area contributed by atoms with Crippen molar-refractivity contribution in [1.29, 1.82) is 0 Å². The van der Waals surface area contributed by atoms with E-state index in [1.807, 2.05) is 18.2 Å². The van der Waals surface area contributed by atoms with E-state index < -0.39 is 0 Å². The average molecular weight is 315 g/mol. The van der Waals surface area contributed by atoms with Crippen molar-refractivity contribution in [3.63, 3.8) is 0 Å². The number of Topliss-reactive ketones (excluding diaryl/α,β-unsaturated/α-hetero) is 1. The second kappa shape index (κ2) is 6.03. The maximum atomic E-state index is 11.5. The normalized spacial score (nSPS) is 19.5. The SMILES string of the molecule is CC(=O)c1ccc(Br)cc1SCC1CCCO1. The fourth-order valence-corrected chi connectivity index (χ4v) is 3.58. The van der Waals surface area contributed by atoms with E-state index in [4.69, 9.17) is 4.74 Å². The standard InChI is InChI=1S/C13H15BrO2S/c1-9(15)12-5-4-10(14)7-13(12)17-8-11-3-2-6-16-11/h4-5,7,11H,2-3,6,8H2,1H3. The first-order valence-electron chi connectivity index (χ1n) is 5.71. The van der Waals surface area contributed by atoms with Gasteiger partial charge in [0.05, 0.1) is 6.10 Å². The van der Waals surface area contributed by atoms with E-state index >= 15 is 0 Å². The summed E-state index contributed by atoms with van der Waals surface area (Å²) in [4.78, 5) is 12.6. The van der Waals surface area contributed by atoms with Gasteiger partial charge in [-0.05, 0) is 38.0 Å². The highest BCUT2D eigenvalue weighted by Crippen LogP contribution is 2.29. The summed E-state index contributed by atoms with van der Waals surface area (Å²) in [6, 6.07) is 5.80. The summed E-state index contributed by atoms with van der Waals surface area (Å²) in [6.07, 6.45) is 2.64. The number of ketones is 1. The third-order valence-corrected chi connectivity index (χ3v) is 4.45. The maximum Gasteiger partial charge on any atom is 0.160 e. The summed E-state index contributed by atoms with van der Waals surface area (Å²) in [5.74, 6) is 1.05. The van der Waals surface area contributed by atoms with Crippen LogP contribution in [0.25, 0.3) is 0 Å². The van der Waals surface area contributed by atoms with Crippen molar-refractivity contribution < 1.29 is 9.53 Å². The second-order valence-corrected chi connectivity index (χ2v) is 6.12. The van der Waals surface area contributed by atoms with Gasteiger partial charge in [-0.15, -0.1) is 11.8 Å². The number of hydrogen-bond donors (Lipinski definition) is 0. The molecule has 2 rings (SSSR count). The molecular weight excluding hydrogens is 300 g/mol. The van der Waals surface area contributed by atoms with Crippen LogP contribution < -0.4 is 0 Å². The van der Waals surface area contributed by atoms with Crippen molar-refractivity contribution >= 4 is 33.5 Å². The van der Waals surface area contributed by atoms with Crippen molar-refractivity contribution in [2.45, 2.75) is 30.8 Å². The van der Waals surface area contributed by atoms with Gasteiger partial charge in [0.2, 0.25) is 0 Å². The number of rotatable bonds is 4. The molecule has 92 valence electrons. The van der Waals surface area contributed by atoms with Gasteiger partial charge < -0.3 is 4.74 Å². The Morgan fingerprint density at radius 2 is 2.41 bits per heavy atom. The molecule has 17 heavy (non-hydrogen) atoms. The van der Waals surface area contributed by atoms with Crippen molar-refractivity contribution in [1.82, 2.24) is 0 Å². The number of carbonyl (C=O) groups excluding carboxylic acids is 1. The third kappa shape index (κ3) is 3.57. The minimum Gasteiger partial charge on any atom is -0.377 e. The van der Waals surface area contributed by atoms with Crippen molar-refractivity contribution in [2.24, 2.45) is 0 Å². The van der Waals surface area contributed by atoms with Gasteiger partial charge in [-0.1, -0.05) is 15.9 Å². The monoisotopic (exact) mass is 314 g/mol. The second-order valence-electron chi connectivity index (χ2n) is 4.14. The topological polar surface area (TPSA) is 26.3 Å². The fraction of sp³-hybridized carbons (Fsp3) is 0.462.